The van der Waals surface area contributed by atoms with E-state index in [9.17, 15) is 13.9 Å². The zero-order valence-corrected chi connectivity index (χ0v) is 11.1. The molecular weight excluding hydrogens is 280 g/mol. The largest absolute Gasteiger partial charge is 0.586 e. The Kier molecular flexibility index (Phi) is 2.53. The smallest absolute Gasteiger partial charge is 0.395 e. The van der Waals surface area contributed by atoms with Crippen molar-refractivity contribution in [1.29, 1.82) is 0 Å². The standard InChI is InChI=1S/C15H13F2NO3/c16-15(17)20-13-5-4-9(8-14(13)21-15)18-7-6-10-11(18)2-1-3-12(10)19/h4-8,12,19H,1-3H2. The van der Waals surface area contributed by atoms with Crippen LogP contribution in [0.2, 0.25) is 0 Å². The first-order chi connectivity index (χ1) is 10.0. The first-order valence-electron chi connectivity index (χ1n) is 6.82. The van der Waals surface area contributed by atoms with Crippen molar-refractivity contribution in [1.82, 2.24) is 4.57 Å². The van der Waals surface area contributed by atoms with E-state index in [1.807, 2.05) is 16.8 Å². The van der Waals surface area contributed by atoms with Crippen LogP contribution in [0.3, 0.4) is 0 Å². The van der Waals surface area contributed by atoms with Gasteiger partial charge in [0.05, 0.1) is 6.10 Å². The minimum Gasteiger partial charge on any atom is -0.395 e. The van der Waals surface area contributed by atoms with Crippen molar-refractivity contribution in [2.75, 3.05) is 0 Å². The van der Waals surface area contributed by atoms with Gasteiger partial charge in [0.1, 0.15) is 0 Å². The quantitative estimate of drug-likeness (QED) is 0.878. The van der Waals surface area contributed by atoms with Crippen LogP contribution in [0.5, 0.6) is 11.5 Å². The highest BCUT2D eigenvalue weighted by Crippen LogP contribution is 2.42. The molecule has 1 aromatic carbocycles. The number of ether oxygens (including phenoxy) is 2. The highest BCUT2D eigenvalue weighted by molar-refractivity contribution is 5.52. The Balaban J connectivity index is 1.76. The Morgan fingerprint density at radius 3 is 2.86 bits per heavy atom. The van der Waals surface area contributed by atoms with Crippen LogP contribution in [0.4, 0.5) is 8.78 Å². The number of aliphatic hydroxyl groups is 1. The van der Waals surface area contributed by atoms with Gasteiger partial charge in [-0.1, -0.05) is 0 Å². The third kappa shape index (κ3) is 1.98. The molecule has 1 unspecified atom stereocenters. The van der Waals surface area contributed by atoms with Gasteiger partial charge in [0.25, 0.3) is 0 Å². The Labute approximate surface area is 119 Å². The zero-order chi connectivity index (χ0) is 14.6. The van der Waals surface area contributed by atoms with Gasteiger partial charge in [-0.05, 0) is 37.5 Å². The molecule has 110 valence electrons. The van der Waals surface area contributed by atoms with Crippen LogP contribution >= 0.6 is 0 Å². The van der Waals surface area contributed by atoms with Crippen LogP contribution in [-0.2, 0) is 6.42 Å². The Bertz CT molecular complexity index is 711. The molecule has 0 saturated carbocycles. The van der Waals surface area contributed by atoms with E-state index in [0.29, 0.717) is 5.69 Å². The first-order valence-corrected chi connectivity index (χ1v) is 6.82. The van der Waals surface area contributed by atoms with E-state index in [2.05, 4.69) is 9.47 Å². The van der Waals surface area contributed by atoms with Gasteiger partial charge in [-0.3, -0.25) is 0 Å². The molecule has 0 fully saturated rings. The monoisotopic (exact) mass is 293 g/mol. The maximum Gasteiger partial charge on any atom is 0.586 e. The van der Waals surface area contributed by atoms with Gasteiger partial charge in [0.2, 0.25) is 0 Å². The average molecular weight is 293 g/mol. The second-order valence-corrected chi connectivity index (χ2v) is 5.29. The molecule has 0 amide bonds. The maximum atomic E-state index is 13.1. The number of rotatable bonds is 1. The number of fused-ring (bicyclic) bond motifs is 2. The second kappa shape index (κ2) is 4.21. The second-order valence-electron chi connectivity index (χ2n) is 5.29. The van der Waals surface area contributed by atoms with E-state index >= 15 is 0 Å². The molecule has 0 saturated heterocycles. The van der Waals surface area contributed by atoms with E-state index < -0.39 is 12.4 Å². The van der Waals surface area contributed by atoms with Crippen LogP contribution in [0, 0.1) is 0 Å². The number of aliphatic hydroxyl groups excluding tert-OH is 1. The number of hydrogen-bond acceptors (Lipinski definition) is 3. The summed E-state index contributed by atoms with van der Waals surface area (Å²) in [7, 11) is 0. The molecule has 1 aliphatic heterocycles. The summed E-state index contributed by atoms with van der Waals surface area (Å²) in [5.41, 5.74) is 2.63. The molecule has 0 radical (unpaired) electrons. The van der Waals surface area contributed by atoms with Crippen molar-refractivity contribution in [2.24, 2.45) is 0 Å². The number of aromatic nitrogens is 1. The summed E-state index contributed by atoms with van der Waals surface area (Å²) in [6.45, 7) is 0. The fourth-order valence-electron chi connectivity index (χ4n) is 3.00. The van der Waals surface area contributed by atoms with Gasteiger partial charge < -0.3 is 19.1 Å². The molecule has 4 rings (SSSR count). The summed E-state index contributed by atoms with van der Waals surface area (Å²) in [6.07, 6.45) is 0.297. The van der Waals surface area contributed by atoms with Gasteiger partial charge in [-0.25, -0.2) is 0 Å². The molecule has 0 spiro atoms. The Morgan fingerprint density at radius 2 is 2.00 bits per heavy atom. The van der Waals surface area contributed by atoms with Crippen molar-refractivity contribution in [2.45, 2.75) is 31.7 Å². The molecule has 2 aliphatic rings. The van der Waals surface area contributed by atoms with E-state index in [1.165, 1.54) is 12.1 Å². The van der Waals surface area contributed by atoms with E-state index in [1.54, 1.807) is 6.07 Å². The fourth-order valence-corrected chi connectivity index (χ4v) is 3.00. The SMILES string of the molecule is OC1CCCc2c1ccn2-c1ccc2c(c1)OC(F)(F)O2. The van der Waals surface area contributed by atoms with E-state index in [-0.39, 0.29) is 11.5 Å². The Hall–Kier alpha value is -2.08. The summed E-state index contributed by atoms with van der Waals surface area (Å²) < 4.78 is 36.9. The molecule has 2 heterocycles. The number of hydrogen-bond donors (Lipinski definition) is 1. The van der Waals surface area contributed by atoms with Crippen molar-refractivity contribution in [3.63, 3.8) is 0 Å². The van der Waals surface area contributed by atoms with Gasteiger partial charge in [-0.2, -0.15) is 0 Å². The molecule has 21 heavy (non-hydrogen) atoms. The molecule has 1 atom stereocenters. The molecule has 1 aromatic heterocycles. The van der Waals surface area contributed by atoms with Crippen molar-refractivity contribution in [3.05, 3.63) is 41.7 Å². The summed E-state index contributed by atoms with van der Waals surface area (Å²) in [4.78, 5) is 0. The van der Waals surface area contributed by atoms with E-state index in [0.717, 1.165) is 30.5 Å². The summed E-state index contributed by atoms with van der Waals surface area (Å²) in [5, 5.41) is 9.99. The predicted molar refractivity (Wildman–Crippen MR) is 69.9 cm³/mol. The number of nitrogens with zero attached hydrogens (tertiary/aromatic N) is 1. The van der Waals surface area contributed by atoms with Crippen LogP contribution in [-0.4, -0.2) is 16.0 Å². The lowest BCUT2D eigenvalue weighted by Gasteiger charge is -2.20. The van der Waals surface area contributed by atoms with Crippen LogP contribution in [0.15, 0.2) is 30.5 Å². The third-order valence-corrected chi connectivity index (χ3v) is 3.94. The number of benzene rings is 1. The number of alkyl halides is 2. The average Bonchev–Trinajstić information content (AvgIpc) is 2.97. The van der Waals surface area contributed by atoms with Gasteiger partial charge in [-0.15, -0.1) is 8.78 Å². The van der Waals surface area contributed by atoms with Crippen LogP contribution < -0.4 is 9.47 Å². The molecule has 1 aliphatic carbocycles. The van der Waals surface area contributed by atoms with Gasteiger partial charge in [0, 0.05) is 29.2 Å². The predicted octanol–water partition coefficient (Wildman–Crippen LogP) is 3.17. The minimum atomic E-state index is -3.60. The lowest BCUT2D eigenvalue weighted by molar-refractivity contribution is -0.286. The van der Waals surface area contributed by atoms with Crippen molar-refractivity contribution in [3.8, 4) is 17.2 Å². The topological polar surface area (TPSA) is 43.6 Å². The lowest BCUT2D eigenvalue weighted by atomic mass is 9.95. The molecule has 1 N–H and O–H groups in total. The summed E-state index contributed by atoms with van der Waals surface area (Å²) >= 11 is 0. The first kappa shape index (κ1) is 12.6. The van der Waals surface area contributed by atoms with Gasteiger partial charge in [0.15, 0.2) is 11.5 Å². The highest BCUT2D eigenvalue weighted by Gasteiger charge is 2.43. The summed E-state index contributed by atoms with van der Waals surface area (Å²) in [5.74, 6) is 0.0566. The third-order valence-electron chi connectivity index (χ3n) is 3.94. The highest BCUT2D eigenvalue weighted by atomic mass is 19.3. The molecule has 6 heteroatoms. The minimum absolute atomic E-state index is 0.0244. The molecule has 2 aromatic rings. The van der Waals surface area contributed by atoms with Crippen molar-refractivity contribution >= 4 is 0 Å². The molecular formula is C15H13F2NO3. The van der Waals surface area contributed by atoms with Crippen LogP contribution in [0.25, 0.3) is 5.69 Å². The van der Waals surface area contributed by atoms with E-state index in [4.69, 9.17) is 0 Å². The number of halogens is 2. The maximum absolute atomic E-state index is 13.1. The zero-order valence-electron chi connectivity index (χ0n) is 11.1. The molecule has 0 bridgehead atoms. The Morgan fingerprint density at radius 1 is 1.19 bits per heavy atom. The fraction of sp³-hybridized carbons (Fsp3) is 0.333. The lowest BCUT2D eigenvalue weighted by Crippen LogP contribution is -2.25. The normalized spacial score (nSPS) is 22.1. The van der Waals surface area contributed by atoms with Crippen LogP contribution in [0.1, 0.15) is 30.2 Å². The molecule has 4 nitrogen and oxygen atoms in total. The van der Waals surface area contributed by atoms with Crippen molar-refractivity contribution < 1.29 is 23.4 Å². The van der Waals surface area contributed by atoms with Gasteiger partial charge >= 0.3 is 6.29 Å². The summed E-state index contributed by atoms with van der Waals surface area (Å²) in [6, 6.07) is 6.57.